The molecule has 3 rings (SSSR count). The molecule has 0 aliphatic carbocycles. The molecular weight excluding hydrogens is 316 g/mol. The molecular formula is C19H20N4S. The predicted molar refractivity (Wildman–Crippen MR) is 103 cm³/mol. The van der Waals surface area contributed by atoms with E-state index in [-0.39, 0.29) is 0 Å². The van der Waals surface area contributed by atoms with Gasteiger partial charge in [-0.1, -0.05) is 30.3 Å². The second-order valence-corrected chi connectivity index (χ2v) is 6.06. The Balaban J connectivity index is 1.69. The van der Waals surface area contributed by atoms with Crippen molar-refractivity contribution in [3.8, 4) is 5.69 Å². The standard InChI is InChI=1S/C19H20N4S/c1-14-6-5-8-17(12-14)22-19(24)21-13-16-7-3-4-9-18(16)23-11-10-20-15(23)2/h3-12H,13H2,1-2H3,(H2,21,22,24). The van der Waals surface area contributed by atoms with Crippen molar-refractivity contribution in [2.75, 3.05) is 5.32 Å². The molecule has 0 amide bonds. The number of hydrogen-bond acceptors (Lipinski definition) is 2. The molecule has 0 atom stereocenters. The molecule has 0 spiro atoms. The summed E-state index contributed by atoms with van der Waals surface area (Å²) >= 11 is 5.41. The molecule has 0 radical (unpaired) electrons. The fraction of sp³-hybridized carbons (Fsp3) is 0.158. The minimum absolute atomic E-state index is 0.609. The molecule has 4 nitrogen and oxygen atoms in total. The van der Waals surface area contributed by atoms with E-state index in [9.17, 15) is 0 Å². The number of aromatic nitrogens is 2. The molecule has 0 saturated carbocycles. The van der Waals surface area contributed by atoms with Crippen LogP contribution >= 0.6 is 12.2 Å². The SMILES string of the molecule is Cc1cccc(NC(=S)NCc2ccccc2-n2ccnc2C)c1. The van der Waals surface area contributed by atoms with Gasteiger partial charge in [-0.25, -0.2) is 4.98 Å². The monoisotopic (exact) mass is 336 g/mol. The molecule has 0 saturated heterocycles. The summed E-state index contributed by atoms with van der Waals surface area (Å²) in [5, 5.41) is 7.10. The molecule has 5 heteroatoms. The van der Waals surface area contributed by atoms with Crippen molar-refractivity contribution in [2.45, 2.75) is 20.4 Å². The summed E-state index contributed by atoms with van der Waals surface area (Å²) in [7, 11) is 0. The van der Waals surface area contributed by atoms with Crippen LogP contribution in [-0.2, 0) is 6.54 Å². The second kappa shape index (κ2) is 7.27. The first-order chi connectivity index (χ1) is 11.6. The van der Waals surface area contributed by atoms with Gasteiger partial charge in [-0.05, 0) is 55.4 Å². The summed E-state index contributed by atoms with van der Waals surface area (Å²) in [6.45, 7) is 4.70. The van der Waals surface area contributed by atoms with Crippen molar-refractivity contribution >= 4 is 23.0 Å². The van der Waals surface area contributed by atoms with Gasteiger partial charge in [-0.2, -0.15) is 0 Å². The lowest BCUT2D eigenvalue weighted by atomic mass is 10.1. The van der Waals surface area contributed by atoms with E-state index in [0.717, 1.165) is 22.8 Å². The average Bonchev–Trinajstić information content (AvgIpc) is 2.99. The van der Waals surface area contributed by atoms with Crippen LogP contribution in [0.4, 0.5) is 5.69 Å². The van der Waals surface area contributed by atoms with E-state index >= 15 is 0 Å². The number of anilines is 1. The highest BCUT2D eigenvalue weighted by Gasteiger charge is 2.07. The zero-order valence-corrected chi connectivity index (χ0v) is 14.6. The van der Waals surface area contributed by atoms with Gasteiger partial charge >= 0.3 is 0 Å². The summed E-state index contributed by atoms with van der Waals surface area (Å²) in [5.41, 5.74) is 4.46. The van der Waals surface area contributed by atoms with E-state index in [0.29, 0.717) is 11.7 Å². The molecule has 0 unspecified atom stereocenters. The number of hydrogen-bond donors (Lipinski definition) is 2. The van der Waals surface area contributed by atoms with Crippen LogP contribution in [0.3, 0.4) is 0 Å². The van der Waals surface area contributed by atoms with E-state index < -0.39 is 0 Å². The number of para-hydroxylation sites is 1. The third-order valence-corrected chi connectivity index (χ3v) is 4.04. The normalized spacial score (nSPS) is 10.4. The van der Waals surface area contributed by atoms with Crippen LogP contribution in [-0.4, -0.2) is 14.7 Å². The molecule has 0 aliphatic rings. The van der Waals surface area contributed by atoms with E-state index in [1.54, 1.807) is 0 Å². The van der Waals surface area contributed by atoms with Crippen molar-refractivity contribution in [1.82, 2.24) is 14.9 Å². The van der Waals surface area contributed by atoms with E-state index in [1.807, 2.05) is 43.6 Å². The quantitative estimate of drug-likeness (QED) is 0.707. The maximum Gasteiger partial charge on any atom is 0.171 e. The first-order valence-corrected chi connectivity index (χ1v) is 8.24. The Kier molecular flexibility index (Phi) is 4.91. The van der Waals surface area contributed by atoms with Crippen LogP contribution in [0.5, 0.6) is 0 Å². The van der Waals surface area contributed by atoms with Crippen LogP contribution in [0.25, 0.3) is 5.69 Å². The Hall–Kier alpha value is -2.66. The molecule has 0 fully saturated rings. The Morgan fingerprint density at radius 3 is 2.71 bits per heavy atom. The number of nitrogens with one attached hydrogen (secondary N) is 2. The zero-order valence-electron chi connectivity index (χ0n) is 13.8. The van der Waals surface area contributed by atoms with Crippen molar-refractivity contribution in [2.24, 2.45) is 0 Å². The van der Waals surface area contributed by atoms with E-state index in [1.165, 1.54) is 5.56 Å². The largest absolute Gasteiger partial charge is 0.358 e. The number of rotatable bonds is 4. The third kappa shape index (κ3) is 3.81. The predicted octanol–water partition coefficient (Wildman–Crippen LogP) is 3.98. The zero-order chi connectivity index (χ0) is 16.9. The first-order valence-electron chi connectivity index (χ1n) is 7.83. The maximum absolute atomic E-state index is 5.41. The summed E-state index contributed by atoms with van der Waals surface area (Å²) in [4.78, 5) is 4.30. The van der Waals surface area contributed by atoms with Crippen molar-refractivity contribution in [3.05, 3.63) is 77.9 Å². The summed E-state index contributed by atoms with van der Waals surface area (Å²) in [6, 6.07) is 16.4. The maximum atomic E-state index is 5.41. The van der Waals surface area contributed by atoms with E-state index in [4.69, 9.17) is 12.2 Å². The van der Waals surface area contributed by atoms with Gasteiger partial charge in [-0.3, -0.25) is 0 Å². The Bertz CT molecular complexity index is 854. The van der Waals surface area contributed by atoms with Gasteiger partial charge in [0.2, 0.25) is 0 Å². The molecule has 2 aromatic carbocycles. The van der Waals surface area contributed by atoms with Crippen LogP contribution in [0, 0.1) is 13.8 Å². The van der Waals surface area contributed by atoms with Gasteiger partial charge in [0, 0.05) is 24.6 Å². The van der Waals surface area contributed by atoms with Crippen LogP contribution < -0.4 is 10.6 Å². The molecule has 2 N–H and O–H groups in total. The third-order valence-electron chi connectivity index (χ3n) is 3.79. The fourth-order valence-corrected chi connectivity index (χ4v) is 2.79. The minimum Gasteiger partial charge on any atom is -0.358 e. The number of nitrogens with zero attached hydrogens (tertiary/aromatic N) is 2. The number of thiocarbonyl (C=S) groups is 1. The van der Waals surface area contributed by atoms with Gasteiger partial charge in [-0.15, -0.1) is 0 Å². The topological polar surface area (TPSA) is 41.9 Å². The molecule has 0 aliphatic heterocycles. The number of imidazole rings is 1. The number of benzene rings is 2. The summed E-state index contributed by atoms with van der Waals surface area (Å²) in [5.74, 6) is 0.961. The minimum atomic E-state index is 0.609. The summed E-state index contributed by atoms with van der Waals surface area (Å²) < 4.78 is 2.08. The smallest absolute Gasteiger partial charge is 0.171 e. The van der Waals surface area contributed by atoms with Gasteiger partial charge in [0.25, 0.3) is 0 Å². The molecule has 1 heterocycles. The Labute approximate surface area is 147 Å². The first kappa shape index (κ1) is 16.2. The van der Waals surface area contributed by atoms with Crippen molar-refractivity contribution in [1.29, 1.82) is 0 Å². The van der Waals surface area contributed by atoms with Crippen molar-refractivity contribution < 1.29 is 0 Å². The Morgan fingerprint density at radius 1 is 1.12 bits per heavy atom. The van der Waals surface area contributed by atoms with Crippen molar-refractivity contribution in [3.63, 3.8) is 0 Å². The van der Waals surface area contributed by atoms with Crippen LogP contribution in [0.2, 0.25) is 0 Å². The van der Waals surface area contributed by atoms with Gasteiger partial charge < -0.3 is 15.2 Å². The molecule has 122 valence electrons. The van der Waals surface area contributed by atoms with Crippen LogP contribution in [0.1, 0.15) is 17.0 Å². The highest BCUT2D eigenvalue weighted by Crippen LogP contribution is 2.16. The van der Waals surface area contributed by atoms with Gasteiger partial charge in [0.15, 0.2) is 5.11 Å². The summed E-state index contributed by atoms with van der Waals surface area (Å²) in [6.07, 6.45) is 3.78. The highest BCUT2D eigenvalue weighted by atomic mass is 32.1. The lowest BCUT2D eigenvalue weighted by Gasteiger charge is -2.14. The van der Waals surface area contributed by atoms with Gasteiger partial charge in [0.1, 0.15) is 5.82 Å². The van der Waals surface area contributed by atoms with Crippen LogP contribution in [0.15, 0.2) is 60.9 Å². The molecule has 3 aromatic rings. The molecule has 24 heavy (non-hydrogen) atoms. The lowest BCUT2D eigenvalue weighted by Crippen LogP contribution is -2.28. The number of aryl methyl sites for hydroxylation is 2. The molecule has 0 bridgehead atoms. The fourth-order valence-electron chi connectivity index (χ4n) is 2.60. The van der Waals surface area contributed by atoms with E-state index in [2.05, 4.69) is 51.4 Å². The lowest BCUT2D eigenvalue weighted by molar-refractivity contribution is 0.885. The average molecular weight is 336 g/mol. The second-order valence-electron chi connectivity index (χ2n) is 5.65. The molecule has 1 aromatic heterocycles. The highest BCUT2D eigenvalue weighted by molar-refractivity contribution is 7.80. The van der Waals surface area contributed by atoms with Gasteiger partial charge in [0.05, 0.1) is 5.69 Å². The Morgan fingerprint density at radius 2 is 1.96 bits per heavy atom.